The zero-order chi connectivity index (χ0) is 29.0. The fraction of sp³-hybridized carbons (Fsp3) is 0.552. The van der Waals surface area contributed by atoms with Crippen molar-refractivity contribution in [3.63, 3.8) is 0 Å². The minimum absolute atomic E-state index is 0.215. The third kappa shape index (κ3) is 7.34. The Labute approximate surface area is 269 Å². The minimum atomic E-state index is -0.625. The predicted molar refractivity (Wildman–Crippen MR) is 161 cm³/mol. The number of hydrogen-bond donors (Lipinski definition) is 1. The third-order valence-electron chi connectivity index (χ3n) is 7.33. The Morgan fingerprint density at radius 2 is 1.73 bits per heavy atom. The van der Waals surface area contributed by atoms with Gasteiger partial charge in [-0.3, -0.25) is 14.3 Å². The summed E-state index contributed by atoms with van der Waals surface area (Å²) in [5.74, 6) is 1.03. The van der Waals surface area contributed by atoms with Crippen molar-refractivity contribution < 1.29 is 51.6 Å². The molecule has 5 heterocycles. The number of amides is 1. The van der Waals surface area contributed by atoms with Crippen LogP contribution in [0.1, 0.15) is 69.1 Å². The molecule has 0 saturated carbocycles. The minimum Gasteiger partial charge on any atom is -0.444 e. The standard InChI is InChI=1S/C28H37ClN6O2.CH4SXe/c1-19-9-8-14-30-24(19)20-10-6-11-21(34(20)27(36)37-28(2,3)4)25-26(29)35-22(31-25)12-7-13-23(35)33-17-15-32(5)16-18-33;1-3-2/h7-9,12-14,20-21H,6,10-11,15-18H2,1-5H3;2H,1H3. The smallest absolute Gasteiger partial charge is 0.411 e. The average Bonchev–Trinajstić information content (AvgIpc) is 3.25. The number of likely N-dealkylation sites (N-methyl/N-ethyl adjacent to an activating group) is 1. The van der Waals surface area contributed by atoms with E-state index in [2.05, 4.69) is 34.2 Å². The van der Waals surface area contributed by atoms with Crippen LogP contribution < -0.4 is 4.90 Å². The summed E-state index contributed by atoms with van der Waals surface area (Å²) >= 11 is 7.55. The van der Waals surface area contributed by atoms with Crippen LogP contribution in [-0.4, -0.2) is 69.1 Å². The molecule has 0 aromatic carbocycles. The maximum absolute atomic E-state index is 13.7. The summed E-state index contributed by atoms with van der Waals surface area (Å²) in [7, 11) is 2.15. The van der Waals surface area contributed by atoms with Crippen LogP contribution in [-0.2, 0) is 4.74 Å². The number of thiol groups is 1. The van der Waals surface area contributed by atoms with Gasteiger partial charge in [-0.15, -0.1) is 0 Å². The quantitative estimate of drug-likeness (QED) is 0.310. The van der Waals surface area contributed by atoms with Gasteiger partial charge in [0.2, 0.25) is 0 Å². The van der Waals surface area contributed by atoms with Crippen LogP contribution in [0.3, 0.4) is 0 Å². The molecule has 2 aliphatic heterocycles. The second-order valence-electron chi connectivity index (χ2n) is 11.4. The molecule has 0 spiro atoms. The topological polar surface area (TPSA) is 66.2 Å². The van der Waals surface area contributed by atoms with Gasteiger partial charge in [0.25, 0.3) is 0 Å². The van der Waals surface area contributed by atoms with Gasteiger partial charge in [-0.25, -0.2) is 9.78 Å². The Balaban J connectivity index is 0.00000118. The third-order valence-corrected chi connectivity index (χ3v) is 7.69. The first kappa shape index (κ1) is 32.0. The second-order valence-corrected chi connectivity index (χ2v) is 14.8. The van der Waals surface area contributed by atoms with Crippen molar-refractivity contribution in [2.24, 2.45) is 0 Å². The van der Waals surface area contributed by atoms with E-state index in [4.69, 9.17) is 21.3 Å². The number of anilines is 1. The van der Waals surface area contributed by atoms with Crippen molar-refractivity contribution in [2.75, 3.05) is 38.1 Å². The van der Waals surface area contributed by atoms with Gasteiger partial charge < -0.3 is 14.5 Å². The summed E-state index contributed by atoms with van der Waals surface area (Å²) < 4.78 is 10.0. The predicted octanol–water partition coefficient (Wildman–Crippen LogP) is 6.61. The molecule has 220 valence electrons. The molecule has 3 aromatic heterocycles. The maximum atomic E-state index is 13.7. The van der Waals surface area contributed by atoms with E-state index in [-0.39, 0.29) is 18.2 Å². The first-order valence-corrected chi connectivity index (χ1v) is 19.1. The molecule has 1 amide bonds. The number of carbonyl (C=O) groups is 1. The largest absolute Gasteiger partial charge is 0.444 e. The normalized spacial score (nSPS) is 20.4. The number of likely N-dealkylation sites (tertiary alicyclic amines) is 1. The number of ether oxygens (including phenoxy) is 1. The Morgan fingerprint density at radius 3 is 2.35 bits per heavy atom. The molecule has 2 aliphatic rings. The van der Waals surface area contributed by atoms with Gasteiger partial charge in [-0.05, 0) is 77.8 Å². The number of aryl methyl sites for hydroxylation is 1. The number of imidazole rings is 1. The Bertz CT molecular complexity index is 1310. The van der Waals surface area contributed by atoms with Crippen LogP contribution in [0.5, 0.6) is 0 Å². The van der Waals surface area contributed by atoms with Gasteiger partial charge in [-0.1, -0.05) is 23.7 Å². The van der Waals surface area contributed by atoms with E-state index in [9.17, 15) is 4.79 Å². The van der Waals surface area contributed by atoms with Crippen LogP contribution in [0, 0.1) is 49.0 Å². The maximum Gasteiger partial charge on any atom is 0.411 e. The molecular formula is C29H41ClN6O2SXe. The number of aromatic nitrogens is 3. The monoisotopic (exact) mass is 704 g/mol. The first-order chi connectivity index (χ1) is 19.1. The number of halogens is 1. The van der Waals surface area contributed by atoms with Gasteiger partial charge in [0, 0.05) is 32.4 Å². The van der Waals surface area contributed by atoms with Crippen LogP contribution in [0.2, 0.25) is 6.54 Å². The van der Waals surface area contributed by atoms with Gasteiger partial charge in [0.1, 0.15) is 27.9 Å². The molecule has 40 heavy (non-hydrogen) atoms. The van der Waals surface area contributed by atoms with E-state index in [1.165, 1.54) is 0 Å². The fourth-order valence-electron chi connectivity index (χ4n) is 5.51. The van der Waals surface area contributed by atoms with Gasteiger partial charge in [0.15, 0.2) is 0 Å². The zero-order valence-electron chi connectivity index (χ0n) is 24.2. The van der Waals surface area contributed by atoms with Gasteiger partial charge in [-0.2, -0.15) is 0 Å². The first-order valence-electron chi connectivity index (χ1n) is 13.7. The molecule has 11 heteroatoms. The van der Waals surface area contributed by atoms with E-state index in [1.807, 2.05) is 61.3 Å². The summed E-state index contributed by atoms with van der Waals surface area (Å²) in [6.07, 6.45) is 3.93. The molecule has 2 fully saturated rings. The van der Waals surface area contributed by atoms with Gasteiger partial charge in [0.05, 0.1) is 17.8 Å². The molecule has 0 radical (unpaired) electrons. The summed E-state index contributed by atoms with van der Waals surface area (Å²) in [5, 5.41) is 0.557. The molecule has 0 bridgehead atoms. The van der Waals surface area contributed by atoms with Crippen LogP contribution in [0.25, 0.3) is 5.65 Å². The van der Waals surface area contributed by atoms with E-state index >= 15 is 0 Å². The summed E-state index contributed by atoms with van der Waals surface area (Å²) in [4.78, 5) is 33.9. The van der Waals surface area contributed by atoms with Crippen molar-refractivity contribution in [3.05, 3.63) is 58.6 Å². The van der Waals surface area contributed by atoms with Crippen LogP contribution >= 0.6 is 16.5 Å². The number of carbonyl (C=O) groups excluding carboxylic acids is 1. The number of nitrogens with zero attached hydrogens (tertiary/aromatic N) is 6. The molecule has 3 aromatic rings. The van der Waals surface area contributed by atoms with Crippen molar-refractivity contribution in [2.45, 2.75) is 66.0 Å². The Morgan fingerprint density at radius 1 is 1.07 bits per heavy atom. The molecule has 2 unspecified atom stereocenters. The molecule has 2 saturated heterocycles. The molecule has 0 N–H and O–H groups in total. The van der Waals surface area contributed by atoms with Crippen LogP contribution in [0.15, 0.2) is 36.5 Å². The van der Waals surface area contributed by atoms with E-state index in [0.717, 1.165) is 68.2 Å². The number of piperidine rings is 1. The van der Waals surface area contributed by atoms with Gasteiger partial charge >= 0.3 is 54.4 Å². The number of pyridine rings is 2. The number of hydrogen-bond acceptors (Lipinski definition) is 7. The Hall–Kier alpha value is -0.919. The second kappa shape index (κ2) is 14.0. The fourth-order valence-corrected chi connectivity index (χ4v) is 5.85. The summed E-state index contributed by atoms with van der Waals surface area (Å²) in [5.41, 5.74) is 2.83. The van der Waals surface area contributed by atoms with Crippen molar-refractivity contribution in [1.29, 1.82) is 0 Å². The summed E-state index contributed by atoms with van der Waals surface area (Å²) in [6, 6.07) is 9.55. The molecule has 0 aliphatic carbocycles. The van der Waals surface area contributed by atoms with E-state index < -0.39 is 5.60 Å². The summed E-state index contributed by atoms with van der Waals surface area (Å²) in [6.45, 7) is 11.6. The number of rotatable bonds is 3. The SMILES string of the molecule is C[Xe]S.Cc1cccnc1C1CCCC(c2nc3cccc(N4CCN(C)CC4)n3c2Cl)N1C(=O)OC(C)(C)C. The average molecular weight is 704 g/mol. The van der Waals surface area contributed by atoms with Crippen molar-refractivity contribution in [3.8, 4) is 0 Å². The molecule has 2 atom stereocenters. The van der Waals surface area contributed by atoms with Crippen molar-refractivity contribution in [1.82, 2.24) is 24.2 Å². The van der Waals surface area contributed by atoms with E-state index in [1.54, 1.807) is 6.20 Å². The Kier molecular flexibility index (Phi) is 11.2. The van der Waals surface area contributed by atoms with E-state index in [0.29, 0.717) is 52.9 Å². The molecule has 8 nitrogen and oxygen atoms in total. The number of fused-ring (bicyclic) bond motifs is 1. The zero-order valence-corrected chi connectivity index (χ0v) is 27.9. The molecule has 5 rings (SSSR count). The number of piperazine rings is 1. The molecular weight excluding hydrogens is 663 g/mol. The van der Waals surface area contributed by atoms with Crippen molar-refractivity contribution >= 4 is 34.1 Å². The van der Waals surface area contributed by atoms with Crippen LogP contribution in [0.4, 0.5) is 10.6 Å².